The number of allylic oxidation sites excluding steroid dienone is 1. The molecule has 1 heterocycles. The summed E-state index contributed by atoms with van der Waals surface area (Å²) in [6.07, 6.45) is 4.10. The van der Waals surface area contributed by atoms with Gasteiger partial charge in [-0.2, -0.15) is 4.98 Å². The van der Waals surface area contributed by atoms with Crippen LogP contribution in [0.25, 0.3) is 10.4 Å². The SMILES string of the molecule is CC=CC(=O)Nc1cccc(Nc2nc(Nc3ccc(OCCN=[N+]=[N-])cc3)ncc2F)c1. The van der Waals surface area contributed by atoms with E-state index in [4.69, 9.17) is 10.3 Å². The fraction of sp³-hybridized carbons (Fsp3) is 0.136. The number of carbonyl (C=O) groups excluding carboxylic acids is 1. The van der Waals surface area contributed by atoms with E-state index in [9.17, 15) is 9.18 Å². The summed E-state index contributed by atoms with van der Waals surface area (Å²) in [6.45, 7) is 2.26. The molecule has 0 unspecified atom stereocenters. The second-order valence-corrected chi connectivity index (χ2v) is 6.54. The molecule has 3 N–H and O–H groups in total. The van der Waals surface area contributed by atoms with E-state index in [0.717, 1.165) is 6.20 Å². The number of ether oxygens (including phenoxy) is 1. The molecule has 0 atom stereocenters. The molecule has 3 aromatic rings. The smallest absolute Gasteiger partial charge is 0.248 e. The van der Waals surface area contributed by atoms with Crippen LogP contribution >= 0.6 is 0 Å². The van der Waals surface area contributed by atoms with Crippen LogP contribution in [0.3, 0.4) is 0 Å². The van der Waals surface area contributed by atoms with Crippen LogP contribution < -0.4 is 20.7 Å². The highest BCUT2D eigenvalue weighted by molar-refractivity contribution is 5.99. The first-order chi connectivity index (χ1) is 16.1. The molecule has 1 amide bonds. The van der Waals surface area contributed by atoms with Crippen molar-refractivity contribution in [2.24, 2.45) is 5.11 Å². The number of carbonyl (C=O) groups is 1. The van der Waals surface area contributed by atoms with Gasteiger partial charge in [-0.1, -0.05) is 17.3 Å². The van der Waals surface area contributed by atoms with Crippen molar-refractivity contribution in [2.45, 2.75) is 6.92 Å². The summed E-state index contributed by atoms with van der Waals surface area (Å²) in [5.74, 6) is -0.123. The maximum absolute atomic E-state index is 14.3. The summed E-state index contributed by atoms with van der Waals surface area (Å²) in [5.41, 5.74) is 10.0. The minimum Gasteiger partial charge on any atom is -0.493 e. The lowest BCUT2D eigenvalue weighted by molar-refractivity contribution is -0.111. The van der Waals surface area contributed by atoms with Gasteiger partial charge in [0.25, 0.3) is 0 Å². The van der Waals surface area contributed by atoms with Crippen molar-refractivity contribution in [3.8, 4) is 5.75 Å². The molecule has 0 aliphatic rings. The summed E-state index contributed by atoms with van der Waals surface area (Å²) in [5, 5.41) is 12.0. The molecule has 168 valence electrons. The Morgan fingerprint density at radius 3 is 2.73 bits per heavy atom. The van der Waals surface area contributed by atoms with Crippen LogP contribution in [0.4, 0.5) is 33.2 Å². The van der Waals surface area contributed by atoms with Crippen molar-refractivity contribution >= 4 is 34.7 Å². The fourth-order valence-corrected chi connectivity index (χ4v) is 2.67. The molecule has 10 nitrogen and oxygen atoms in total. The van der Waals surface area contributed by atoms with Crippen molar-refractivity contribution in [3.05, 3.63) is 83.1 Å². The van der Waals surface area contributed by atoms with Gasteiger partial charge >= 0.3 is 0 Å². The average Bonchev–Trinajstić information content (AvgIpc) is 2.80. The maximum Gasteiger partial charge on any atom is 0.248 e. The second kappa shape index (κ2) is 11.7. The monoisotopic (exact) mass is 448 g/mol. The van der Waals surface area contributed by atoms with Gasteiger partial charge in [-0.25, -0.2) is 9.37 Å². The summed E-state index contributed by atoms with van der Waals surface area (Å²) in [6, 6.07) is 13.8. The predicted octanol–water partition coefficient (Wildman–Crippen LogP) is 5.31. The summed E-state index contributed by atoms with van der Waals surface area (Å²) >= 11 is 0. The number of benzene rings is 2. The van der Waals surface area contributed by atoms with E-state index in [1.165, 1.54) is 6.08 Å². The topological polar surface area (TPSA) is 137 Å². The molecule has 0 spiro atoms. The van der Waals surface area contributed by atoms with Gasteiger partial charge in [0.05, 0.1) is 19.3 Å². The quantitative estimate of drug-likeness (QED) is 0.126. The zero-order valence-electron chi connectivity index (χ0n) is 17.7. The molecule has 0 fully saturated rings. The Bertz CT molecular complexity index is 1180. The summed E-state index contributed by atoms with van der Waals surface area (Å²) in [4.78, 5) is 22.5. The van der Waals surface area contributed by atoms with E-state index >= 15 is 0 Å². The van der Waals surface area contributed by atoms with E-state index in [0.29, 0.717) is 22.8 Å². The zero-order chi connectivity index (χ0) is 23.5. The molecule has 0 saturated heterocycles. The van der Waals surface area contributed by atoms with E-state index in [2.05, 4.69) is 35.9 Å². The van der Waals surface area contributed by atoms with Gasteiger partial charge in [0, 0.05) is 22.0 Å². The number of halogens is 1. The molecule has 0 saturated carbocycles. The fourth-order valence-electron chi connectivity index (χ4n) is 2.67. The third kappa shape index (κ3) is 7.23. The molecule has 33 heavy (non-hydrogen) atoms. The number of anilines is 5. The molecular formula is C22H21FN8O2. The van der Waals surface area contributed by atoms with Crippen molar-refractivity contribution in [1.29, 1.82) is 0 Å². The Morgan fingerprint density at radius 1 is 1.18 bits per heavy atom. The average molecular weight is 448 g/mol. The van der Waals surface area contributed by atoms with Crippen molar-refractivity contribution in [3.63, 3.8) is 0 Å². The first-order valence-electron chi connectivity index (χ1n) is 9.91. The minimum atomic E-state index is -0.632. The standard InChI is InChI=1S/C22H21FN8O2/c1-2-4-20(32)27-16-5-3-6-17(13-16)28-21-19(23)14-25-22(30-21)29-15-7-9-18(10-8-15)33-12-11-26-31-24/h2-10,13-14H,11-12H2,1H3,(H,27,32)(H2,25,28,29,30). The Hall–Kier alpha value is -4.63. The second-order valence-electron chi connectivity index (χ2n) is 6.54. The Morgan fingerprint density at radius 2 is 1.97 bits per heavy atom. The molecule has 0 aliphatic carbocycles. The van der Waals surface area contributed by atoms with E-state index in [1.54, 1.807) is 61.5 Å². The molecule has 1 aromatic heterocycles. The van der Waals surface area contributed by atoms with Gasteiger partial charge < -0.3 is 20.7 Å². The summed E-state index contributed by atoms with van der Waals surface area (Å²) in [7, 11) is 0. The van der Waals surface area contributed by atoms with Gasteiger partial charge in [-0.15, -0.1) is 0 Å². The van der Waals surface area contributed by atoms with Crippen molar-refractivity contribution < 1.29 is 13.9 Å². The number of nitrogens with one attached hydrogen (secondary N) is 3. The van der Waals surface area contributed by atoms with E-state index in [-0.39, 0.29) is 30.8 Å². The largest absolute Gasteiger partial charge is 0.493 e. The number of hydrogen-bond donors (Lipinski definition) is 3. The molecule has 0 bridgehead atoms. The van der Waals surface area contributed by atoms with Crippen LogP contribution in [0.15, 0.2) is 72.0 Å². The molecule has 0 radical (unpaired) electrons. The van der Waals surface area contributed by atoms with Crippen LogP contribution in [0, 0.1) is 5.82 Å². The molecule has 0 aliphatic heterocycles. The number of rotatable bonds is 10. The van der Waals surface area contributed by atoms with Gasteiger partial charge in [0.15, 0.2) is 11.6 Å². The number of nitrogens with zero attached hydrogens (tertiary/aromatic N) is 5. The summed E-state index contributed by atoms with van der Waals surface area (Å²) < 4.78 is 19.7. The molecule has 2 aromatic carbocycles. The number of amides is 1. The Labute approximate surface area is 189 Å². The van der Waals surface area contributed by atoms with Crippen LogP contribution in [-0.4, -0.2) is 29.0 Å². The van der Waals surface area contributed by atoms with Crippen LogP contribution in [0.1, 0.15) is 6.92 Å². The highest BCUT2D eigenvalue weighted by atomic mass is 19.1. The number of hydrogen-bond acceptors (Lipinski definition) is 7. The van der Waals surface area contributed by atoms with Gasteiger partial charge in [0.2, 0.25) is 11.9 Å². The van der Waals surface area contributed by atoms with E-state index < -0.39 is 5.82 Å². The zero-order valence-corrected chi connectivity index (χ0v) is 17.7. The van der Waals surface area contributed by atoms with Crippen LogP contribution in [0.2, 0.25) is 0 Å². The van der Waals surface area contributed by atoms with E-state index in [1.807, 2.05) is 0 Å². The van der Waals surface area contributed by atoms with Gasteiger partial charge in [0.1, 0.15) is 5.75 Å². The van der Waals surface area contributed by atoms with Crippen LogP contribution in [0.5, 0.6) is 5.75 Å². The normalized spacial score (nSPS) is 10.4. The third-order valence-corrected chi connectivity index (χ3v) is 4.09. The van der Waals surface area contributed by atoms with Crippen molar-refractivity contribution in [1.82, 2.24) is 9.97 Å². The predicted molar refractivity (Wildman–Crippen MR) is 124 cm³/mol. The molecular weight excluding hydrogens is 427 g/mol. The maximum atomic E-state index is 14.3. The highest BCUT2D eigenvalue weighted by Crippen LogP contribution is 2.23. The third-order valence-electron chi connectivity index (χ3n) is 4.09. The number of azide groups is 1. The van der Waals surface area contributed by atoms with Gasteiger partial charge in [-0.3, -0.25) is 4.79 Å². The lowest BCUT2D eigenvalue weighted by Crippen LogP contribution is -2.08. The Balaban J connectivity index is 1.66. The van der Waals surface area contributed by atoms with Gasteiger partial charge in [-0.05, 0) is 61.0 Å². The highest BCUT2D eigenvalue weighted by Gasteiger charge is 2.09. The Kier molecular flexibility index (Phi) is 8.15. The lowest BCUT2D eigenvalue weighted by Gasteiger charge is -2.11. The minimum absolute atomic E-state index is 0.0255. The molecule has 3 rings (SSSR count). The first-order valence-corrected chi connectivity index (χ1v) is 9.91. The molecule has 11 heteroatoms. The van der Waals surface area contributed by atoms with Crippen LogP contribution in [-0.2, 0) is 4.79 Å². The van der Waals surface area contributed by atoms with Crippen molar-refractivity contribution in [2.75, 3.05) is 29.1 Å². The number of aromatic nitrogens is 2. The lowest BCUT2D eigenvalue weighted by atomic mass is 10.2. The first kappa shape index (κ1) is 23.0.